The Morgan fingerprint density at radius 3 is 2.82 bits per heavy atom. The Balaban J connectivity index is 0.000000636. The summed E-state index contributed by atoms with van der Waals surface area (Å²) in [5, 5.41) is 25.4. The van der Waals surface area contributed by atoms with Gasteiger partial charge in [-0.25, -0.2) is 4.68 Å². The first-order valence-corrected chi connectivity index (χ1v) is 11.3. The number of hydrogen-bond acceptors (Lipinski definition) is 8. The van der Waals surface area contributed by atoms with Crippen LogP contribution < -0.4 is 10.6 Å². The van der Waals surface area contributed by atoms with Crippen LogP contribution in [0.2, 0.25) is 5.02 Å². The van der Waals surface area contributed by atoms with Crippen LogP contribution in [0.1, 0.15) is 18.9 Å². The average molecular weight is 492 g/mol. The van der Waals surface area contributed by atoms with Crippen molar-refractivity contribution in [2.45, 2.75) is 32.0 Å². The van der Waals surface area contributed by atoms with Gasteiger partial charge >= 0.3 is 0 Å². The topological polar surface area (TPSA) is 152 Å². The van der Waals surface area contributed by atoms with E-state index in [0.29, 0.717) is 37.2 Å². The maximum atomic E-state index is 13.1. The summed E-state index contributed by atoms with van der Waals surface area (Å²) in [7, 11) is 0. The molecule has 5 rings (SSSR count). The molecule has 1 aromatic heterocycles. The van der Waals surface area contributed by atoms with Gasteiger partial charge in [-0.05, 0) is 52.4 Å². The highest BCUT2D eigenvalue weighted by Crippen LogP contribution is 2.49. The lowest BCUT2D eigenvalue weighted by Gasteiger charge is -2.32. The largest absolute Gasteiger partial charge is 0.481 e. The number of aliphatic carboxylic acids is 1. The molecule has 1 aliphatic carbocycles. The van der Waals surface area contributed by atoms with Gasteiger partial charge in [0.15, 0.2) is 0 Å². The quantitative estimate of drug-likeness (QED) is 0.518. The predicted molar refractivity (Wildman–Crippen MR) is 119 cm³/mol. The molecule has 1 aromatic carbocycles. The molecule has 3 N–H and O–H groups in total. The van der Waals surface area contributed by atoms with Crippen LogP contribution in [0.5, 0.6) is 0 Å². The lowest BCUT2D eigenvalue weighted by molar-refractivity contribution is -0.143. The fourth-order valence-corrected chi connectivity index (χ4v) is 4.62. The van der Waals surface area contributed by atoms with Crippen LogP contribution in [-0.2, 0) is 25.7 Å². The predicted octanol–water partition coefficient (Wildman–Crippen LogP) is -0.142. The average Bonchev–Trinajstić information content (AvgIpc) is 3.21. The summed E-state index contributed by atoms with van der Waals surface area (Å²) in [5.74, 6) is -0.388. The number of carboxylic acid groups (broad SMARTS) is 1. The molecule has 2 amide bonds. The van der Waals surface area contributed by atoms with Gasteiger partial charge in [-0.15, -0.1) is 5.10 Å². The molecule has 0 radical (unpaired) electrons. The Bertz CT molecular complexity index is 1040. The van der Waals surface area contributed by atoms with E-state index in [0.717, 1.165) is 24.6 Å². The Kier molecular flexibility index (Phi) is 7.39. The van der Waals surface area contributed by atoms with Gasteiger partial charge in [-0.3, -0.25) is 14.4 Å². The van der Waals surface area contributed by atoms with E-state index in [1.54, 1.807) is 23.1 Å². The third-order valence-electron chi connectivity index (χ3n) is 6.01. The number of likely N-dealkylation sites (tertiary alicyclic amines) is 1. The summed E-state index contributed by atoms with van der Waals surface area (Å²) in [6.07, 6.45) is 2.48. The van der Waals surface area contributed by atoms with Crippen molar-refractivity contribution in [3.63, 3.8) is 0 Å². The minimum Gasteiger partial charge on any atom is -0.481 e. The number of nitrogens with one attached hydrogen (secondary N) is 2. The maximum absolute atomic E-state index is 13.1. The third-order valence-corrected chi connectivity index (χ3v) is 6.25. The highest BCUT2D eigenvalue weighted by molar-refractivity contribution is 6.30. The van der Waals surface area contributed by atoms with Crippen molar-refractivity contribution in [2.75, 3.05) is 26.3 Å². The van der Waals surface area contributed by atoms with Crippen molar-refractivity contribution in [3.8, 4) is 5.69 Å². The van der Waals surface area contributed by atoms with Crippen LogP contribution in [0.3, 0.4) is 0 Å². The zero-order valence-corrected chi connectivity index (χ0v) is 19.3. The molecule has 3 aliphatic rings. The Morgan fingerprint density at radius 2 is 2.15 bits per heavy atom. The zero-order chi connectivity index (χ0) is 24.2. The second-order valence-electron chi connectivity index (χ2n) is 8.44. The Labute approximate surface area is 200 Å². The normalized spacial score (nSPS) is 25.1. The number of carbonyl (C=O) groups is 3. The van der Waals surface area contributed by atoms with Crippen molar-refractivity contribution in [2.24, 2.45) is 11.8 Å². The molecule has 0 bridgehead atoms. The molecule has 13 heteroatoms. The SMILES string of the molecule is CC(=O)O.O=C(NCc1cc(Cl)ccc1-n1cnnn1)[C@@H]1[C@H]2C[C@H]2CN1C(=O)[C@H]1COCCN1. The van der Waals surface area contributed by atoms with Crippen molar-refractivity contribution in [3.05, 3.63) is 35.1 Å². The molecule has 12 nitrogen and oxygen atoms in total. The summed E-state index contributed by atoms with van der Waals surface area (Å²) < 4.78 is 6.94. The highest BCUT2D eigenvalue weighted by atomic mass is 35.5. The number of tetrazole rings is 1. The third kappa shape index (κ3) is 5.51. The number of piperidine rings is 1. The van der Waals surface area contributed by atoms with Gasteiger partial charge < -0.3 is 25.4 Å². The van der Waals surface area contributed by atoms with Gasteiger partial charge in [-0.1, -0.05) is 11.6 Å². The number of amides is 2. The second-order valence-corrected chi connectivity index (χ2v) is 8.88. The summed E-state index contributed by atoms with van der Waals surface area (Å²) in [4.78, 5) is 36.8. The Morgan fingerprint density at radius 1 is 1.35 bits per heavy atom. The zero-order valence-electron chi connectivity index (χ0n) is 18.6. The van der Waals surface area contributed by atoms with E-state index in [-0.39, 0.29) is 30.3 Å². The van der Waals surface area contributed by atoms with Gasteiger partial charge in [-0.2, -0.15) is 0 Å². The fraction of sp³-hybridized carbons (Fsp3) is 0.524. The highest BCUT2D eigenvalue weighted by Gasteiger charge is 2.57. The number of fused-ring (bicyclic) bond motifs is 1. The number of benzene rings is 1. The van der Waals surface area contributed by atoms with Gasteiger partial charge in [0.2, 0.25) is 11.8 Å². The molecule has 2 saturated heterocycles. The minimum atomic E-state index is -0.833. The number of carbonyl (C=O) groups excluding carboxylic acids is 2. The van der Waals surface area contributed by atoms with Crippen LogP contribution in [-0.4, -0.2) is 86.4 Å². The summed E-state index contributed by atoms with van der Waals surface area (Å²) in [6.45, 7) is 3.56. The molecule has 3 heterocycles. The molecule has 0 spiro atoms. The van der Waals surface area contributed by atoms with E-state index in [9.17, 15) is 9.59 Å². The van der Waals surface area contributed by atoms with Crippen molar-refractivity contribution in [1.29, 1.82) is 0 Å². The monoisotopic (exact) mass is 491 g/mol. The summed E-state index contributed by atoms with van der Waals surface area (Å²) >= 11 is 6.16. The van der Waals surface area contributed by atoms with Crippen LogP contribution in [0.15, 0.2) is 24.5 Å². The number of aromatic nitrogens is 4. The molecule has 0 unspecified atom stereocenters. The van der Waals surface area contributed by atoms with E-state index in [4.69, 9.17) is 26.2 Å². The lowest BCUT2D eigenvalue weighted by Crippen LogP contribution is -2.57. The Hall–Kier alpha value is -3.09. The van der Waals surface area contributed by atoms with Gasteiger partial charge in [0.1, 0.15) is 18.4 Å². The first kappa shape index (κ1) is 24.0. The summed E-state index contributed by atoms with van der Waals surface area (Å²) in [5.41, 5.74) is 1.52. The van der Waals surface area contributed by atoms with Crippen LogP contribution in [0.4, 0.5) is 0 Å². The first-order valence-electron chi connectivity index (χ1n) is 11.0. The smallest absolute Gasteiger partial charge is 0.300 e. The number of morpholine rings is 1. The number of halogens is 1. The van der Waals surface area contributed by atoms with Crippen LogP contribution in [0.25, 0.3) is 5.69 Å². The standard InChI is InChI=1S/C19H22ClN7O3.C2H4O2/c20-13-1-2-16(27-10-23-24-25-27)11(5-13)7-22-18(28)17-14-6-12(14)8-26(17)19(29)15-9-30-4-3-21-15;1-2(3)4/h1-2,5,10,12,14-15,17,21H,3-4,6-9H2,(H,22,28);1H3,(H,3,4)/t12-,14-,15+,17-;/m0./s1. The number of ether oxygens (including phenoxy) is 1. The van der Waals surface area contributed by atoms with E-state index >= 15 is 0 Å². The molecular weight excluding hydrogens is 466 g/mol. The van der Waals surface area contributed by atoms with Crippen molar-refractivity contribution >= 4 is 29.4 Å². The van der Waals surface area contributed by atoms with Crippen LogP contribution >= 0.6 is 11.6 Å². The molecule has 2 aliphatic heterocycles. The minimum absolute atomic E-state index is 0.0563. The summed E-state index contributed by atoms with van der Waals surface area (Å²) in [6, 6.07) is 4.50. The molecule has 3 fully saturated rings. The van der Waals surface area contributed by atoms with Crippen molar-refractivity contribution in [1.82, 2.24) is 35.7 Å². The molecule has 34 heavy (non-hydrogen) atoms. The van der Waals surface area contributed by atoms with E-state index < -0.39 is 12.0 Å². The van der Waals surface area contributed by atoms with Gasteiger partial charge in [0.25, 0.3) is 5.97 Å². The van der Waals surface area contributed by atoms with Gasteiger partial charge in [0.05, 0.1) is 18.9 Å². The molecule has 182 valence electrons. The van der Waals surface area contributed by atoms with Gasteiger partial charge in [0, 0.05) is 31.6 Å². The lowest BCUT2D eigenvalue weighted by atomic mass is 10.1. The number of carboxylic acids is 1. The van der Waals surface area contributed by atoms with E-state index in [2.05, 4.69) is 26.2 Å². The second kappa shape index (κ2) is 10.5. The first-order chi connectivity index (χ1) is 16.3. The number of rotatable bonds is 5. The number of hydrogen-bond donors (Lipinski definition) is 3. The number of nitrogens with zero attached hydrogens (tertiary/aromatic N) is 5. The molecule has 1 saturated carbocycles. The molecule has 2 aromatic rings. The van der Waals surface area contributed by atoms with Crippen molar-refractivity contribution < 1.29 is 24.2 Å². The molecular formula is C21H26ClN7O5. The fourth-order valence-electron chi connectivity index (χ4n) is 4.43. The molecule has 4 atom stereocenters. The maximum Gasteiger partial charge on any atom is 0.300 e. The van der Waals surface area contributed by atoms with E-state index in [1.807, 2.05) is 0 Å². The van der Waals surface area contributed by atoms with Crippen LogP contribution in [0, 0.1) is 11.8 Å². The van der Waals surface area contributed by atoms with E-state index in [1.165, 1.54) is 11.0 Å².